The Morgan fingerprint density at radius 1 is 1.29 bits per heavy atom. The number of rotatable bonds is 3. The van der Waals surface area contributed by atoms with E-state index in [9.17, 15) is 9.59 Å². The number of carboxylic acids is 1. The van der Waals surface area contributed by atoms with E-state index in [-0.39, 0.29) is 0 Å². The molecule has 3 N–H and O–H groups in total. The van der Waals surface area contributed by atoms with Crippen molar-refractivity contribution in [3.05, 3.63) is 0 Å². The zero-order valence-corrected chi connectivity index (χ0v) is 12.3. The second kappa shape index (κ2) is 10.0. The Morgan fingerprint density at radius 2 is 1.90 bits per heavy atom. The van der Waals surface area contributed by atoms with Crippen molar-refractivity contribution in [1.29, 1.82) is 0 Å². The quantitative estimate of drug-likeness (QED) is 0.673. The summed E-state index contributed by atoms with van der Waals surface area (Å²) in [5, 5.41) is 17.3. The van der Waals surface area contributed by atoms with E-state index in [1.807, 2.05) is 0 Å². The number of hydrogen-bond acceptors (Lipinski definition) is 4. The third-order valence-corrected chi connectivity index (χ3v) is 3.25. The standard InChI is InChI=1S/C9H16O2.C3H5NO4.C2H2/c1-6(2)7-5-11-8-3-4-10-9(7)8;5-2(6)1-4-3(7)8;1-2/h6-9H,3-5H2,1-2H3;4H,1H2,(H,5,6)(H,7,8);1-2H/t7-,8+,9+;;/m0../s1. The molecule has 2 rings (SSSR count). The summed E-state index contributed by atoms with van der Waals surface area (Å²) in [6.07, 6.45) is 8.61. The lowest BCUT2D eigenvalue weighted by Crippen LogP contribution is -2.27. The zero-order chi connectivity index (χ0) is 16.4. The lowest BCUT2D eigenvalue weighted by atomic mass is 9.91. The number of hydrogen-bond donors (Lipinski definition) is 3. The minimum atomic E-state index is -1.33. The fourth-order valence-corrected chi connectivity index (χ4v) is 2.22. The average molecular weight is 301 g/mol. The van der Waals surface area contributed by atoms with Gasteiger partial charge in [0.05, 0.1) is 18.8 Å². The van der Waals surface area contributed by atoms with Gasteiger partial charge in [-0.25, -0.2) is 4.79 Å². The topological polar surface area (TPSA) is 105 Å². The van der Waals surface area contributed by atoms with Crippen LogP contribution in [0.5, 0.6) is 0 Å². The molecule has 0 bridgehead atoms. The van der Waals surface area contributed by atoms with Crippen LogP contribution >= 0.6 is 0 Å². The molecule has 120 valence electrons. The van der Waals surface area contributed by atoms with Gasteiger partial charge in [0.2, 0.25) is 0 Å². The number of nitrogens with one attached hydrogen (secondary N) is 1. The van der Waals surface area contributed by atoms with Gasteiger partial charge >= 0.3 is 12.1 Å². The first-order valence-electron chi connectivity index (χ1n) is 6.67. The SMILES string of the molecule is C#C.CC(C)[C@@H]1CO[C@@H]2CCO[C@@H]21.O=C(O)CNC(=O)O. The molecule has 2 heterocycles. The summed E-state index contributed by atoms with van der Waals surface area (Å²) < 4.78 is 11.3. The zero-order valence-electron chi connectivity index (χ0n) is 12.3. The van der Waals surface area contributed by atoms with Crippen molar-refractivity contribution in [3.63, 3.8) is 0 Å². The van der Waals surface area contributed by atoms with Crippen LogP contribution in [0.1, 0.15) is 20.3 Å². The summed E-state index contributed by atoms with van der Waals surface area (Å²) >= 11 is 0. The fraction of sp³-hybridized carbons (Fsp3) is 0.714. The third kappa shape index (κ3) is 6.97. The van der Waals surface area contributed by atoms with Crippen LogP contribution < -0.4 is 5.32 Å². The van der Waals surface area contributed by atoms with E-state index < -0.39 is 18.6 Å². The van der Waals surface area contributed by atoms with Gasteiger partial charge in [-0.05, 0) is 12.3 Å². The third-order valence-electron chi connectivity index (χ3n) is 3.25. The Labute approximate surface area is 124 Å². The summed E-state index contributed by atoms with van der Waals surface area (Å²) in [4.78, 5) is 19.1. The van der Waals surface area contributed by atoms with Crippen LogP contribution in [0.15, 0.2) is 0 Å². The second-order valence-corrected chi connectivity index (χ2v) is 4.96. The number of fused-ring (bicyclic) bond motifs is 1. The molecule has 0 radical (unpaired) electrons. The maximum absolute atomic E-state index is 9.58. The van der Waals surface area contributed by atoms with Crippen molar-refractivity contribution in [2.45, 2.75) is 32.5 Å². The molecule has 2 saturated heterocycles. The maximum Gasteiger partial charge on any atom is 0.405 e. The predicted molar refractivity (Wildman–Crippen MR) is 76.0 cm³/mol. The van der Waals surface area contributed by atoms with Gasteiger partial charge in [-0.3, -0.25) is 4.79 Å². The highest BCUT2D eigenvalue weighted by molar-refractivity contribution is 5.75. The van der Waals surface area contributed by atoms with Crippen molar-refractivity contribution in [2.75, 3.05) is 19.8 Å². The minimum absolute atomic E-state index is 0.412. The molecule has 7 heteroatoms. The van der Waals surface area contributed by atoms with Crippen molar-refractivity contribution >= 4 is 12.1 Å². The van der Waals surface area contributed by atoms with Crippen molar-refractivity contribution in [3.8, 4) is 12.8 Å². The summed E-state index contributed by atoms with van der Waals surface area (Å²) in [6.45, 7) is 5.76. The van der Waals surface area contributed by atoms with Gasteiger partial charge < -0.3 is 25.0 Å². The number of aliphatic carboxylic acids is 1. The molecule has 0 unspecified atom stereocenters. The fourth-order valence-electron chi connectivity index (χ4n) is 2.22. The minimum Gasteiger partial charge on any atom is -0.480 e. The number of ether oxygens (including phenoxy) is 2. The van der Waals surface area contributed by atoms with Gasteiger partial charge in [0, 0.05) is 12.5 Å². The molecule has 7 nitrogen and oxygen atoms in total. The van der Waals surface area contributed by atoms with Crippen LogP contribution in [-0.2, 0) is 14.3 Å². The Kier molecular flexibility index (Phi) is 9.17. The molecule has 0 aliphatic carbocycles. The van der Waals surface area contributed by atoms with E-state index in [1.54, 1.807) is 5.32 Å². The number of carboxylic acid groups (broad SMARTS) is 2. The van der Waals surface area contributed by atoms with E-state index in [2.05, 4.69) is 26.7 Å². The molecule has 2 aliphatic rings. The molecule has 0 aromatic heterocycles. The van der Waals surface area contributed by atoms with Gasteiger partial charge in [0.15, 0.2) is 0 Å². The van der Waals surface area contributed by atoms with E-state index in [1.165, 1.54) is 0 Å². The first-order chi connectivity index (χ1) is 9.91. The van der Waals surface area contributed by atoms with Crippen LogP contribution in [0.4, 0.5) is 4.79 Å². The molecule has 3 atom stereocenters. The van der Waals surface area contributed by atoms with Crippen molar-refractivity contribution in [1.82, 2.24) is 5.32 Å². The van der Waals surface area contributed by atoms with Gasteiger partial charge in [-0.2, -0.15) is 0 Å². The molecular weight excluding hydrogens is 278 g/mol. The number of terminal acetylenes is 1. The Balaban J connectivity index is 0.000000358. The smallest absolute Gasteiger partial charge is 0.405 e. The van der Waals surface area contributed by atoms with E-state index in [0.717, 1.165) is 19.6 Å². The highest BCUT2D eigenvalue weighted by Gasteiger charge is 2.42. The molecule has 21 heavy (non-hydrogen) atoms. The molecule has 0 saturated carbocycles. The highest BCUT2D eigenvalue weighted by Crippen LogP contribution is 2.34. The highest BCUT2D eigenvalue weighted by atomic mass is 16.6. The molecule has 2 aliphatic heterocycles. The molecule has 0 aromatic carbocycles. The second-order valence-electron chi connectivity index (χ2n) is 4.96. The Bertz CT molecular complexity index is 341. The largest absolute Gasteiger partial charge is 0.480 e. The predicted octanol–water partition coefficient (Wildman–Crippen LogP) is 1.03. The first kappa shape index (κ1) is 19.2. The van der Waals surface area contributed by atoms with Crippen molar-refractivity contribution in [2.24, 2.45) is 11.8 Å². The number of carbonyl (C=O) groups is 2. The van der Waals surface area contributed by atoms with Gasteiger partial charge in [-0.1, -0.05) is 13.8 Å². The average Bonchev–Trinajstić information content (AvgIpc) is 3.01. The summed E-state index contributed by atoms with van der Waals surface area (Å²) in [5.41, 5.74) is 0. The lowest BCUT2D eigenvalue weighted by molar-refractivity contribution is -0.135. The molecule has 2 fully saturated rings. The van der Waals surface area contributed by atoms with Crippen LogP contribution in [0.25, 0.3) is 0 Å². The lowest BCUT2D eigenvalue weighted by Gasteiger charge is -2.18. The number of amides is 1. The van der Waals surface area contributed by atoms with Gasteiger partial charge in [-0.15, -0.1) is 12.8 Å². The molecule has 1 amide bonds. The summed E-state index contributed by atoms with van der Waals surface area (Å²) in [6, 6.07) is 0. The van der Waals surface area contributed by atoms with E-state index in [0.29, 0.717) is 24.0 Å². The maximum atomic E-state index is 9.58. The molecule has 0 spiro atoms. The first-order valence-corrected chi connectivity index (χ1v) is 6.67. The summed E-state index contributed by atoms with van der Waals surface area (Å²) in [5.74, 6) is 0.151. The van der Waals surface area contributed by atoms with Crippen LogP contribution in [0.3, 0.4) is 0 Å². The van der Waals surface area contributed by atoms with Crippen LogP contribution in [0, 0.1) is 24.7 Å². The van der Waals surface area contributed by atoms with Crippen molar-refractivity contribution < 1.29 is 29.3 Å². The summed E-state index contributed by atoms with van der Waals surface area (Å²) in [7, 11) is 0. The Morgan fingerprint density at radius 3 is 2.33 bits per heavy atom. The monoisotopic (exact) mass is 301 g/mol. The van der Waals surface area contributed by atoms with Gasteiger partial charge in [0.1, 0.15) is 6.54 Å². The van der Waals surface area contributed by atoms with Gasteiger partial charge in [0.25, 0.3) is 0 Å². The van der Waals surface area contributed by atoms with Crippen LogP contribution in [0.2, 0.25) is 0 Å². The van der Waals surface area contributed by atoms with E-state index >= 15 is 0 Å². The van der Waals surface area contributed by atoms with Crippen LogP contribution in [-0.4, -0.2) is 54.2 Å². The molecule has 0 aromatic rings. The Hall–Kier alpha value is -1.78. The molecular formula is C14H23NO6. The normalized spacial score (nSPS) is 25.9. The van der Waals surface area contributed by atoms with E-state index in [4.69, 9.17) is 19.7 Å².